The number of carbonyl (C=O) groups is 1. The van der Waals surface area contributed by atoms with E-state index in [4.69, 9.17) is 4.74 Å². The van der Waals surface area contributed by atoms with Crippen molar-refractivity contribution in [2.24, 2.45) is 0 Å². The second kappa shape index (κ2) is 7.49. The first-order valence-corrected chi connectivity index (χ1v) is 7.58. The Labute approximate surface area is 145 Å². The maximum absolute atomic E-state index is 12.7. The van der Waals surface area contributed by atoms with E-state index in [1.807, 2.05) is 6.07 Å². The molecule has 0 unspecified atom stereocenters. The highest BCUT2D eigenvalue weighted by atomic mass is 16.5. The predicted octanol–water partition coefficient (Wildman–Crippen LogP) is 2.35. The monoisotopic (exact) mass is 338 g/mol. The molecule has 0 aliphatic heterocycles. The summed E-state index contributed by atoms with van der Waals surface area (Å²) < 4.78 is 6.05. The van der Waals surface area contributed by atoms with Gasteiger partial charge in [-0.3, -0.25) is 14.2 Å². The van der Waals surface area contributed by atoms with Crippen LogP contribution in [0, 0.1) is 18.3 Å². The number of Topliss-reactive ketones (excluding diaryl/α,β-unsaturated/α-hetero) is 1. The molecule has 6 heteroatoms. The van der Waals surface area contributed by atoms with Crippen molar-refractivity contribution in [3.05, 3.63) is 69.5 Å². The Kier molecular flexibility index (Phi) is 5.40. The fourth-order valence-corrected chi connectivity index (χ4v) is 2.60. The summed E-state index contributed by atoms with van der Waals surface area (Å²) in [7, 11) is 1.55. The molecule has 0 saturated carbocycles. The standard InChI is InChI=1S/C19H18N2O4/c1-4-9-21-18(23)15(11-20)12(2)17(19(21)24)16(22)10-13-5-7-14(25-3)8-6-13/h4-8,24H,1,9-10H2,2-3H3. The minimum absolute atomic E-state index is 0.00242. The van der Waals surface area contributed by atoms with Gasteiger partial charge < -0.3 is 9.84 Å². The molecule has 25 heavy (non-hydrogen) atoms. The Morgan fingerprint density at radius 1 is 1.40 bits per heavy atom. The minimum Gasteiger partial charge on any atom is -0.497 e. The van der Waals surface area contributed by atoms with Gasteiger partial charge >= 0.3 is 0 Å². The molecule has 0 fully saturated rings. The minimum atomic E-state index is -0.640. The number of carbonyl (C=O) groups excluding carboxylic acids is 1. The molecule has 0 spiro atoms. The van der Waals surface area contributed by atoms with Crippen LogP contribution >= 0.6 is 0 Å². The lowest BCUT2D eigenvalue weighted by molar-refractivity contribution is 0.0988. The van der Waals surface area contributed by atoms with Crippen molar-refractivity contribution in [2.45, 2.75) is 19.9 Å². The first kappa shape index (κ1) is 18.0. The van der Waals surface area contributed by atoms with Crippen molar-refractivity contribution in [3.8, 4) is 17.7 Å². The highest BCUT2D eigenvalue weighted by Crippen LogP contribution is 2.24. The summed E-state index contributed by atoms with van der Waals surface area (Å²) in [5, 5.41) is 19.6. The van der Waals surface area contributed by atoms with Gasteiger partial charge in [0.25, 0.3) is 5.56 Å². The molecule has 128 valence electrons. The Morgan fingerprint density at radius 3 is 2.56 bits per heavy atom. The summed E-state index contributed by atoms with van der Waals surface area (Å²) in [5.41, 5.74) is 0.0957. The van der Waals surface area contributed by atoms with Crippen LogP contribution < -0.4 is 10.3 Å². The maximum atomic E-state index is 12.7. The topological polar surface area (TPSA) is 92.3 Å². The van der Waals surface area contributed by atoms with Crippen LogP contribution in [-0.2, 0) is 13.0 Å². The molecule has 6 nitrogen and oxygen atoms in total. The number of hydrogen-bond donors (Lipinski definition) is 1. The van der Waals surface area contributed by atoms with Gasteiger partial charge in [0.2, 0.25) is 5.88 Å². The number of rotatable bonds is 6. The zero-order valence-corrected chi connectivity index (χ0v) is 14.1. The average molecular weight is 338 g/mol. The second-order valence-electron chi connectivity index (χ2n) is 5.46. The molecule has 0 atom stereocenters. The Balaban J connectivity index is 2.51. The highest BCUT2D eigenvalue weighted by Gasteiger charge is 2.23. The van der Waals surface area contributed by atoms with Crippen LogP contribution in [0.2, 0.25) is 0 Å². The van der Waals surface area contributed by atoms with Gasteiger partial charge in [0, 0.05) is 13.0 Å². The predicted molar refractivity (Wildman–Crippen MR) is 93.0 cm³/mol. The number of aromatic nitrogens is 1. The van der Waals surface area contributed by atoms with Crippen molar-refractivity contribution < 1.29 is 14.6 Å². The molecule has 0 bridgehead atoms. The number of ketones is 1. The summed E-state index contributed by atoms with van der Waals surface area (Å²) in [4.78, 5) is 24.9. The smallest absolute Gasteiger partial charge is 0.271 e. The van der Waals surface area contributed by atoms with Crippen LogP contribution in [0.5, 0.6) is 11.6 Å². The van der Waals surface area contributed by atoms with Crippen LogP contribution in [0.25, 0.3) is 0 Å². The molecule has 0 amide bonds. The third-order valence-electron chi connectivity index (χ3n) is 3.91. The van der Waals surface area contributed by atoms with E-state index in [2.05, 4.69) is 6.58 Å². The first-order chi connectivity index (χ1) is 11.9. The molecule has 2 aromatic rings. The molecule has 1 aromatic carbocycles. The van der Waals surface area contributed by atoms with E-state index in [1.165, 1.54) is 13.0 Å². The number of hydrogen-bond acceptors (Lipinski definition) is 5. The number of nitriles is 1. The van der Waals surface area contributed by atoms with Gasteiger partial charge in [-0.05, 0) is 30.2 Å². The Bertz CT molecular complexity index is 918. The van der Waals surface area contributed by atoms with E-state index in [9.17, 15) is 20.0 Å². The molecule has 0 aliphatic carbocycles. The number of methoxy groups -OCH3 is 1. The van der Waals surface area contributed by atoms with E-state index in [0.717, 1.165) is 10.1 Å². The molecule has 1 N–H and O–H groups in total. The van der Waals surface area contributed by atoms with Crippen molar-refractivity contribution in [3.63, 3.8) is 0 Å². The lowest BCUT2D eigenvalue weighted by Crippen LogP contribution is -2.26. The average Bonchev–Trinajstić information content (AvgIpc) is 2.59. The fourth-order valence-electron chi connectivity index (χ4n) is 2.60. The van der Waals surface area contributed by atoms with Gasteiger partial charge in [0.05, 0.1) is 12.7 Å². The number of pyridine rings is 1. The molecular formula is C19H18N2O4. The quantitative estimate of drug-likeness (QED) is 0.645. The normalized spacial score (nSPS) is 10.1. The third kappa shape index (κ3) is 3.45. The summed E-state index contributed by atoms with van der Waals surface area (Å²) in [5.74, 6) is -0.157. The Hall–Kier alpha value is -3.33. The van der Waals surface area contributed by atoms with E-state index >= 15 is 0 Å². The summed E-state index contributed by atoms with van der Waals surface area (Å²) in [6.45, 7) is 5.01. The van der Waals surface area contributed by atoms with Gasteiger partial charge in [-0.15, -0.1) is 6.58 Å². The first-order valence-electron chi connectivity index (χ1n) is 7.58. The summed E-state index contributed by atoms with van der Waals surface area (Å²) in [6.07, 6.45) is 1.44. The number of allylic oxidation sites excluding steroid dienone is 1. The van der Waals surface area contributed by atoms with Crippen molar-refractivity contribution >= 4 is 5.78 Å². The number of aromatic hydroxyl groups is 1. The van der Waals surface area contributed by atoms with Crippen LogP contribution in [-0.4, -0.2) is 22.6 Å². The molecule has 0 saturated heterocycles. The van der Waals surface area contributed by atoms with E-state index in [0.29, 0.717) is 5.75 Å². The van der Waals surface area contributed by atoms with E-state index in [-0.39, 0.29) is 35.4 Å². The number of nitrogens with zero attached hydrogens (tertiary/aromatic N) is 2. The lowest BCUT2D eigenvalue weighted by Gasteiger charge is -2.14. The van der Waals surface area contributed by atoms with Crippen LogP contribution in [0.4, 0.5) is 0 Å². The van der Waals surface area contributed by atoms with Crippen molar-refractivity contribution in [1.82, 2.24) is 4.57 Å². The SMILES string of the molecule is C=CCn1c(O)c(C(=O)Cc2ccc(OC)cc2)c(C)c(C#N)c1=O. The van der Waals surface area contributed by atoms with E-state index in [1.54, 1.807) is 31.4 Å². The van der Waals surface area contributed by atoms with Crippen LogP contribution in [0.1, 0.15) is 27.0 Å². The van der Waals surface area contributed by atoms with Gasteiger partial charge in [0.15, 0.2) is 5.78 Å². The zero-order valence-electron chi connectivity index (χ0n) is 14.1. The number of ether oxygens (including phenoxy) is 1. The molecule has 1 aromatic heterocycles. The fraction of sp³-hybridized carbons (Fsp3) is 0.211. The van der Waals surface area contributed by atoms with Gasteiger partial charge in [-0.25, -0.2) is 0 Å². The molecular weight excluding hydrogens is 320 g/mol. The Morgan fingerprint density at radius 2 is 2.04 bits per heavy atom. The summed E-state index contributed by atoms with van der Waals surface area (Å²) in [6, 6.07) is 8.77. The maximum Gasteiger partial charge on any atom is 0.271 e. The second-order valence-corrected chi connectivity index (χ2v) is 5.46. The molecule has 0 radical (unpaired) electrons. The summed E-state index contributed by atoms with van der Waals surface area (Å²) >= 11 is 0. The third-order valence-corrected chi connectivity index (χ3v) is 3.91. The number of benzene rings is 1. The molecule has 0 aliphatic rings. The van der Waals surface area contributed by atoms with Gasteiger partial charge in [-0.2, -0.15) is 5.26 Å². The van der Waals surface area contributed by atoms with Gasteiger partial charge in [-0.1, -0.05) is 18.2 Å². The largest absolute Gasteiger partial charge is 0.497 e. The van der Waals surface area contributed by atoms with Crippen molar-refractivity contribution in [1.29, 1.82) is 5.26 Å². The molecule has 2 rings (SSSR count). The van der Waals surface area contributed by atoms with Crippen molar-refractivity contribution in [2.75, 3.05) is 7.11 Å². The highest BCUT2D eigenvalue weighted by molar-refractivity contribution is 6.01. The molecule has 1 heterocycles. The van der Waals surface area contributed by atoms with Crippen LogP contribution in [0.3, 0.4) is 0 Å². The van der Waals surface area contributed by atoms with Gasteiger partial charge in [0.1, 0.15) is 17.4 Å². The zero-order chi connectivity index (χ0) is 18.6. The van der Waals surface area contributed by atoms with E-state index < -0.39 is 11.4 Å². The van der Waals surface area contributed by atoms with Crippen LogP contribution in [0.15, 0.2) is 41.7 Å². The lowest BCUT2D eigenvalue weighted by atomic mass is 9.97.